The molecule has 5 heteroatoms. The first-order valence-corrected chi connectivity index (χ1v) is 7.62. The van der Waals surface area contributed by atoms with Crippen LogP contribution in [0.2, 0.25) is 0 Å². The quantitative estimate of drug-likeness (QED) is 0.708. The number of nitrogens with one attached hydrogen (secondary N) is 2. The normalized spacial score (nSPS) is 10.1. The summed E-state index contributed by atoms with van der Waals surface area (Å²) in [6.45, 7) is 2.97. The van der Waals surface area contributed by atoms with E-state index in [1.807, 2.05) is 66.8 Å². The van der Waals surface area contributed by atoms with Crippen molar-refractivity contribution in [3.8, 4) is 0 Å². The molecule has 4 N–H and O–H groups in total. The van der Waals surface area contributed by atoms with Gasteiger partial charge in [-0.25, -0.2) is 0 Å². The molecule has 0 aliphatic carbocycles. The molecule has 0 saturated heterocycles. The Balaban J connectivity index is 1.65. The molecule has 0 aromatic heterocycles. The van der Waals surface area contributed by atoms with Gasteiger partial charge in [0.1, 0.15) is 6.54 Å². The van der Waals surface area contributed by atoms with Crippen LogP contribution in [0.1, 0.15) is 11.1 Å². The molecule has 0 aliphatic heterocycles. The van der Waals surface area contributed by atoms with Crippen LogP contribution in [-0.2, 0) is 16.1 Å². The van der Waals surface area contributed by atoms with Crippen molar-refractivity contribution in [2.45, 2.75) is 13.5 Å². The van der Waals surface area contributed by atoms with Crippen molar-refractivity contribution in [2.24, 2.45) is 0 Å². The summed E-state index contributed by atoms with van der Waals surface area (Å²) in [5.74, 6) is -0.382. The third-order valence-corrected chi connectivity index (χ3v) is 3.30. The second-order valence-corrected chi connectivity index (χ2v) is 5.38. The number of benzene rings is 2. The number of amides is 2. The summed E-state index contributed by atoms with van der Waals surface area (Å²) in [7, 11) is 0. The van der Waals surface area contributed by atoms with E-state index < -0.39 is 0 Å². The standard InChI is InChI=1S/C18H21N3O2/c1-14-6-5-9-16(10-14)21-18(23)13-20-17(22)12-19-11-15-7-3-2-4-8-15/h2-10,19H,11-13H2,1H3,(H,20,22)(H,21,23)/p+1. The molecular formula is C18H22N3O2+. The predicted molar refractivity (Wildman–Crippen MR) is 89.8 cm³/mol. The van der Waals surface area contributed by atoms with Crippen molar-refractivity contribution >= 4 is 17.5 Å². The highest BCUT2D eigenvalue weighted by Gasteiger charge is 2.07. The van der Waals surface area contributed by atoms with Gasteiger partial charge < -0.3 is 16.0 Å². The highest BCUT2D eigenvalue weighted by atomic mass is 16.2. The van der Waals surface area contributed by atoms with Gasteiger partial charge in [-0.05, 0) is 24.6 Å². The Morgan fingerprint density at radius 1 is 1.00 bits per heavy atom. The zero-order chi connectivity index (χ0) is 16.5. The zero-order valence-corrected chi connectivity index (χ0v) is 13.2. The first-order valence-electron chi connectivity index (χ1n) is 7.62. The summed E-state index contributed by atoms with van der Waals surface area (Å²) in [6.07, 6.45) is 0. The number of hydrogen-bond acceptors (Lipinski definition) is 2. The summed E-state index contributed by atoms with van der Waals surface area (Å²) >= 11 is 0. The summed E-state index contributed by atoms with van der Waals surface area (Å²) < 4.78 is 0. The summed E-state index contributed by atoms with van der Waals surface area (Å²) in [6, 6.07) is 17.5. The van der Waals surface area contributed by atoms with E-state index in [9.17, 15) is 9.59 Å². The molecule has 0 unspecified atom stereocenters. The van der Waals surface area contributed by atoms with E-state index in [4.69, 9.17) is 0 Å². The summed E-state index contributed by atoms with van der Waals surface area (Å²) in [5.41, 5.74) is 2.97. The number of carbonyl (C=O) groups excluding carboxylic acids is 2. The maximum absolute atomic E-state index is 11.8. The number of carbonyl (C=O) groups is 2. The Kier molecular flexibility index (Phi) is 6.32. The lowest BCUT2D eigenvalue weighted by molar-refractivity contribution is -0.660. The van der Waals surface area contributed by atoms with E-state index in [0.717, 1.165) is 23.4 Å². The number of rotatable bonds is 7. The lowest BCUT2D eigenvalue weighted by Gasteiger charge is -2.07. The highest BCUT2D eigenvalue weighted by molar-refractivity contribution is 5.94. The Morgan fingerprint density at radius 2 is 1.78 bits per heavy atom. The van der Waals surface area contributed by atoms with Gasteiger partial charge in [-0.3, -0.25) is 9.59 Å². The van der Waals surface area contributed by atoms with Gasteiger partial charge in [-0.2, -0.15) is 0 Å². The van der Waals surface area contributed by atoms with Gasteiger partial charge in [-0.15, -0.1) is 0 Å². The minimum Gasteiger partial charge on any atom is -0.342 e. The van der Waals surface area contributed by atoms with Crippen LogP contribution in [-0.4, -0.2) is 24.9 Å². The van der Waals surface area contributed by atoms with Crippen molar-refractivity contribution in [1.29, 1.82) is 0 Å². The third kappa shape index (κ3) is 6.32. The van der Waals surface area contributed by atoms with E-state index in [2.05, 4.69) is 10.6 Å². The van der Waals surface area contributed by atoms with Crippen molar-refractivity contribution in [3.63, 3.8) is 0 Å². The predicted octanol–water partition coefficient (Wildman–Crippen LogP) is 0.813. The Labute approximate surface area is 136 Å². The van der Waals surface area contributed by atoms with E-state index >= 15 is 0 Å². The fourth-order valence-corrected chi connectivity index (χ4v) is 2.16. The Bertz CT molecular complexity index is 656. The van der Waals surface area contributed by atoms with Crippen LogP contribution in [0.4, 0.5) is 5.69 Å². The van der Waals surface area contributed by atoms with E-state index in [1.165, 1.54) is 0 Å². The topological polar surface area (TPSA) is 74.8 Å². The first-order chi connectivity index (χ1) is 11.1. The molecule has 2 aromatic rings. The van der Waals surface area contributed by atoms with Crippen molar-refractivity contribution in [3.05, 3.63) is 65.7 Å². The maximum atomic E-state index is 11.8. The van der Waals surface area contributed by atoms with Gasteiger partial charge in [0.15, 0.2) is 6.54 Å². The molecule has 0 heterocycles. The smallest absolute Gasteiger partial charge is 0.275 e. The van der Waals surface area contributed by atoms with Gasteiger partial charge >= 0.3 is 0 Å². The average molecular weight is 312 g/mol. The number of hydrogen-bond donors (Lipinski definition) is 3. The number of aryl methyl sites for hydroxylation is 1. The first kappa shape index (κ1) is 16.7. The van der Waals surface area contributed by atoms with Crippen LogP contribution in [0.5, 0.6) is 0 Å². The molecule has 5 nitrogen and oxygen atoms in total. The molecular weight excluding hydrogens is 290 g/mol. The molecule has 2 amide bonds. The minimum absolute atomic E-state index is 0.0219. The lowest BCUT2D eigenvalue weighted by atomic mass is 10.2. The van der Waals surface area contributed by atoms with E-state index in [0.29, 0.717) is 6.54 Å². The molecule has 0 saturated carbocycles. The number of anilines is 1. The molecule has 0 bridgehead atoms. The van der Waals surface area contributed by atoms with Gasteiger partial charge in [0.2, 0.25) is 5.91 Å². The largest absolute Gasteiger partial charge is 0.342 e. The Hall–Kier alpha value is -2.66. The van der Waals surface area contributed by atoms with Gasteiger partial charge in [0.25, 0.3) is 5.91 Å². The third-order valence-electron chi connectivity index (χ3n) is 3.30. The van der Waals surface area contributed by atoms with Crippen LogP contribution in [0.25, 0.3) is 0 Å². The maximum Gasteiger partial charge on any atom is 0.275 e. The molecule has 0 atom stereocenters. The Morgan fingerprint density at radius 3 is 2.52 bits per heavy atom. The number of nitrogens with two attached hydrogens (primary N) is 1. The van der Waals surface area contributed by atoms with Gasteiger partial charge in [0.05, 0.1) is 6.54 Å². The average Bonchev–Trinajstić information content (AvgIpc) is 2.54. The van der Waals surface area contributed by atoms with Gasteiger partial charge in [-0.1, -0.05) is 42.5 Å². The molecule has 0 spiro atoms. The van der Waals surface area contributed by atoms with Gasteiger partial charge in [0, 0.05) is 11.3 Å². The van der Waals surface area contributed by atoms with Crippen molar-refractivity contribution in [1.82, 2.24) is 5.32 Å². The molecule has 0 radical (unpaired) electrons. The van der Waals surface area contributed by atoms with Crippen LogP contribution >= 0.6 is 0 Å². The van der Waals surface area contributed by atoms with E-state index in [1.54, 1.807) is 0 Å². The second kappa shape index (κ2) is 8.70. The molecule has 120 valence electrons. The fraction of sp³-hybridized carbons (Fsp3) is 0.222. The monoisotopic (exact) mass is 312 g/mol. The number of quaternary nitrogens is 1. The summed E-state index contributed by atoms with van der Waals surface area (Å²) in [4.78, 5) is 23.5. The van der Waals surface area contributed by atoms with Crippen LogP contribution < -0.4 is 16.0 Å². The summed E-state index contributed by atoms with van der Waals surface area (Å²) in [5, 5.41) is 7.28. The van der Waals surface area contributed by atoms with Crippen LogP contribution in [0, 0.1) is 6.92 Å². The van der Waals surface area contributed by atoms with Crippen molar-refractivity contribution < 1.29 is 14.9 Å². The molecule has 2 aromatic carbocycles. The highest BCUT2D eigenvalue weighted by Crippen LogP contribution is 2.08. The molecule has 23 heavy (non-hydrogen) atoms. The van der Waals surface area contributed by atoms with Crippen LogP contribution in [0.15, 0.2) is 54.6 Å². The SMILES string of the molecule is Cc1cccc(NC(=O)CNC(=O)C[NH2+]Cc2ccccc2)c1. The molecule has 2 rings (SSSR count). The van der Waals surface area contributed by atoms with Crippen LogP contribution in [0.3, 0.4) is 0 Å². The minimum atomic E-state index is -0.230. The zero-order valence-electron chi connectivity index (χ0n) is 13.2. The van der Waals surface area contributed by atoms with E-state index in [-0.39, 0.29) is 18.4 Å². The van der Waals surface area contributed by atoms with Crippen molar-refractivity contribution in [2.75, 3.05) is 18.4 Å². The second-order valence-electron chi connectivity index (χ2n) is 5.38. The molecule has 0 fully saturated rings. The fourth-order valence-electron chi connectivity index (χ4n) is 2.16. The molecule has 0 aliphatic rings. The lowest BCUT2D eigenvalue weighted by Crippen LogP contribution is -2.85.